The molecular weight excluding hydrogens is 326 g/mol. The van der Waals surface area contributed by atoms with Crippen molar-refractivity contribution < 1.29 is 8.42 Å². The molecule has 5 heteroatoms. The fourth-order valence-corrected chi connectivity index (χ4v) is 4.35. The first kappa shape index (κ1) is 12.4. The molecule has 0 atom stereocenters. The first-order valence-electron chi connectivity index (χ1n) is 5.67. The molecule has 0 saturated heterocycles. The maximum atomic E-state index is 12.7. The molecule has 0 radical (unpaired) electrons. The lowest BCUT2D eigenvalue weighted by Gasteiger charge is -2.09. The molecule has 0 aliphatic carbocycles. The molecule has 1 aromatic heterocycles. The van der Waals surface area contributed by atoms with E-state index in [1.54, 1.807) is 42.6 Å². The van der Waals surface area contributed by atoms with Crippen LogP contribution < -0.4 is 0 Å². The maximum Gasteiger partial charge on any atom is 0.269 e. The van der Waals surface area contributed by atoms with Crippen molar-refractivity contribution in [3.8, 4) is 0 Å². The van der Waals surface area contributed by atoms with E-state index in [9.17, 15) is 8.42 Å². The number of hydrogen-bond donors (Lipinski definition) is 0. The highest BCUT2D eigenvalue weighted by atomic mass is 79.9. The van der Waals surface area contributed by atoms with Crippen molar-refractivity contribution in [2.75, 3.05) is 0 Å². The molecule has 1 heterocycles. The fraction of sp³-hybridized carbons (Fsp3) is 0. The van der Waals surface area contributed by atoms with Crippen molar-refractivity contribution in [3.63, 3.8) is 0 Å². The number of aromatic nitrogens is 1. The predicted octanol–water partition coefficient (Wildman–Crippen LogP) is 3.64. The standard InChI is InChI=1S/C14H10BrNO2S/c15-12-6-2-4-8-14(12)19(17,18)16-10-9-11-5-1-3-7-13(11)16/h1-10H. The summed E-state index contributed by atoms with van der Waals surface area (Å²) in [6.07, 6.45) is 1.58. The zero-order chi connectivity index (χ0) is 13.5. The summed E-state index contributed by atoms with van der Waals surface area (Å²) in [5, 5.41) is 0.901. The number of benzene rings is 2. The average molecular weight is 336 g/mol. The number of halogens is 1. The Labute approximate surface area is 119 Å². The summed E-state index contributed by atoms with van der Waals surface area (Å²) in [7, 11) is -3.58. The number of fused-ring (bicyclic) bond motifs is 1. The van der Waals surface area contributed by atoms with Crippen LogP contribution in [0, 0.1) is 0 Å². The summed E-state index contributed by atoms with van der Waals surface area (Å²) < 4.78 is 27.2. The number of nitrogens with zero attached hydrogens (tertiary/aromatic N) is 1. The molecule has 0 amide bonds. The lowest BCUT2D eigenvalue weighted by molar-refractivity contribution is 0.588. The fourth-order valence-electron chi connectivity index (χ4n) is 2.03. The molecule has 0 bridgehead atoms. The Kier molecular flexibility index (Phi) is 2.95. The predicted molar refractivity (Wildman–Crippen MR) is 78.7 cm³/mol. The van der Waals surface area contributed by atoms with Crippen LogP contribution in [0.5, 0.6) is 0 Å². The minimum absolute atomic E-state index is 0.261. The molecule has 0 spiro atoms. The maximum absolute atomic E-state index is 12.7. The first-order valence-corrected chi connectivity index (χ1v) is 7.90. The normalized spacial score (nSPS) is 11.8. The molecule has 0 aliphatic heterocycles. The van der Waals surface area contributed by atoms with Crippen LogP contribution in [-0.4, -0.2) is 12.4 Å². The van der Waals surface area contributed by atoms with Crippen LogP contribution in [0.1, 0.15) is 0 Å². The highest BCUT2D eigenvalue weighted by molar-refractivity contribution is 9.10. The third-order valence-electron chi connectivity index (χ3n) is 2.94. The van der Waals surface area contributed by atoms with Gasteiger partial charge in [0.15, 0.2) is 0 Å². The van der Waals surface area contributed by atoms with Gasteiger partial charge in [0.05, 0.1) is 5.52 Å². The largest absolute Gasteiger partial charge is 0.269 e. The monoisotopic (exact) mass is 335 g/mol. The molecular formula is C14H10BrNO2S. The highest BCUT2D eigenvalue weighted by Crippen LogP contribution is 2.26. The third-order valence-corrected chi connectivity index (χ3v) is 5.64. The van der Waals surface area contributed by atoms with Crippen LogP contribution in [0.4, 0.5) is 0 Å². The second-order valence-corrected chi connectivity index (χ2v) is 6.74. The zero-order valence-corrected chi connectivity index (χ0v) is 12.2. The van der Waals surface area contributed by atoms with Gasteiger partial charge in [-0.05, 0) is 40.2 Å². The van der Waals surface area contributed by atoms with E-state index in [0.717, 1.165) is 5.39 Å². The van der Waals surface area contributed by atoms with Crippen molar-refractivity contribution in [1.82, 2.24) is 3.97 Å². The van der Waals surface area contributed by atoms with Crippen LogP contribution in [-0.2, 0) is 10.0 Å². The Morgan fingerprint density at radius 2 is 1.58 bits per heavy atom. The van der Waals surface area contributed by atoms with Crippen molar-refractivity contribution in [2.24, 2.45) is 0 Å². The van der Waals surface area contributed by atoms with E-state index in [0.29, 0.717) is 9.99 Å². The Hall–Kier alpha value is -1.59. The van der Waals surface area contributed by atoms with Crippen molar-refractivity contribution in [1.29, 1.82) is 0 Å². The molecule has 96 valence electrons. The third kappa shape index (κ3) is 1.99. The second-order valence-electron chi connectivity index (χ2n) is 4.11. The van der Waals surface area contributed by atoms with Crippen molar-refractivity contribution >= 4 is 36.9 Å². The van der Waals surface area contributed by atoms with Gasteiger partial charge in [0.1, 0.15) is 4.90 Å². The molecule has 3 aromatic rings. The molecule has 0 saturated carbocycles. The Balaban J connectivity index is 2.29. The van der Waals surface area contributed by atoms with Crippen LogP contribution >= 0.6 is 15.9 Å². The Morgan fingerprint density at radius 3 is 2.37 bits per heavy atom. The topological polar surface area (TPSA) is 39.1 Å². The summed E-state index contributed by atoms with van der Waals surface area (Å²) in [6, 6.07) is 16.0. The molecule has 0 unspecified atom stereocenters. The smallest absolute Gasteiger partial charge is 0.241 e. The van der Waals surface area contributed by atoms with E-state index in [4.69, 9.17) is 0 Å². The van der Waals surface area contributed by atoms with Gasteiger partial charge in [0.25, 0.3) is 10.0 Å². The van der Waals surface area contributed by atoms with E-state index in [1.807, 2.05) is 18.2 Å². The van der Waals surface area contributed by atoms with Gasteiger partial charge in [-0.3, -0.25) is 0 Å². The lowest BCUT2D eigenvalue weighted by atomic mass is 10.3. The Bertz CT molecular complexity index is 853. The van der Waals surface area contributed by atoms with E-state index < -0.39 is 10.0 Å². The minimum atomic E-state index is -3.58. The number of hydrogen-bond acceptors (Lipinski definition) is 2. The zero-order valence-electron chi connectivity index (χ0n) is 9.82. The molecule has 0 fully saturated rings. The van der Waals surface area contributed by atoms with E-state index >= 15 is 0 Å². The van der Waals surface area contributed by atoms with Gasteiger partial charge >= 0.3 is 0 Å². The molecule has 3 nitrogen and oxygen atoms in total. The Morgan fingerprint density at radius 1 is 0.895 bits per heavy atom. The van der Waals surface area contributed by atoms with E-state index in [1.165, 1.54) is 3.97 Å². The number of para-hydroxylation sites is 1. The first-order chi connectivity index (χ1) is 9.10. The van der Waals surface area contributed by atoms with Gasteiger partial charge < -0.3 is 0 Å². The molecule has 0 N–H and O–H groups in total. The van der Waals surface area contributed by atoms with Gasteiger partial charge in [-0.15, -0.1) is 0 Å². The SMILES string of the molecule is O=S(=O)(c1ccccc1Br)n1ccc2ccccc21. The lowest BCUT2D eigenvalue weighted by Crippen LogP contribution is -2.12. The summed E-state index contributed by atoms with van der Waals surface area (Å²) in [5.74, 6) is 0. The summed E-state index contributed by atoms with van der Waals surface area (Å²) >= 11 is 3.29. The van der Waals surface area contributed by atoms with Crippen LogP contribution in [0.15, 0.2) is 70.2 Å². The minimum Gasteiger partial charge on any atom is -0.241 e. The number of rotatable bonds is 2. The van der Waals surface area contributed by atoms with Gasteiger partial charge in [-0.1, -0.05) is 30.3 Å². The summed E-state index contributed by atoms with van der Waals surface area (Å²) in [6.45, 7) is 0. The van der Waals surface area contributed by atoms with Gasteiger partial charge in [-0.25, -0.2) is 12.4 Å². The summed E-state index contributed by atoms with van der Waals surface area (Å²) in [4.78, 5) is 0.261. The van der Waals surface area contributed by atoms with E-state index in [-0.39, 0.29) is 4.90 Å². The van der Waals surface area contributed by atoms with Crippen LogP contribution in [0.25, 0.3) is 10.9 Å². The molecule has 19 heavy (non-hydrogen) atoms. The van der Waals surface area contributed by atoms with Crippen molar-refractivity contribution in [3.05, 3.63) is 65.3 Å². The molecule has 0 aliphatic rings. The van der Waals surface area contributed by atoms with Gasteiger partial charge in [-0.2, -0.15) is 0 Å². The average Bonchev–Trinajstić information content (AvgIpc) is 2.83. The van der Waals surface area contributed by atoms with Gasteiger partial charge in [0, 0.05) is 16.1 Å². The van der Waals surface area contributed by atoms with Gasteiger partial charge in [0.2, 0.25) is 0 Å². The van der Waals surface area contributed by atoms with Crippen molar-refractivity contribution in [2.45, 2.75) is 4.90 Å². The van der Waals surface area contributed by atoms with Crippen LogP contribution in [0.3, 0.4) is 0 Å². The highest BCUT2D eigenvalue weighted by Gasteiger charge is 2.20. The molecule has 3 rings (SSSR count). The van der Waals surface area contributed by atoms with Crippen LogP contribution in [0.2, 0.25) is 0 Å². The molecule has 2 aromatic carbocycles. The quantitative estimate of drug-likeness (QED) is 0.717. The second kappa shape index (κ2) is 4.51. The van der Waals surface area contributed by atoms with E-state index in [2.05, 4.69) is 15.9 Å². The summed E-state index contributed by atoms with van der Waals surface area (Å²) in [5.41, 5.74) is 0.679.